The molecule has 1 aromatic heterocycles. The minimum Gasteiger partial charge on any atom is -0.456 e. The van der Waals surface area contributed by atoms with Crippen molar-refractivity contribution in [1.29, 1.82) is 0 Å². The smallest absolute Gasteiger partial charge is 0.136 e. The number of para-hydroxylation sites is 1. The Morgan fingerprint density at radius 2 is 1.83 bits per heavy atom. The summed E-state index contributed by atoms with van der Waals surface area (Å²) >= 11 is 0. The van der Waals surface area contributed by atoms with E-state index in [1.165, 1.54) is 21.9 Å². The van der Waals surface area contributed by atoms with Crippen LogP contribution in [-0.2, 0) is 0 Å². The zero-order valence-electron chi connectivity index (χ0n) is 14.0. The predicted molar refractivity (Wildman–Crippen MR) is 99.7 cm³/mol. The second-order valence-corrected chi connectivity index (χ2v) is 6.04. The predicted octanol–water partition coefficient (Wildman–Crippen LogP) is 5.50. The topological polar surface area (TPSA) is 16.4 Å². The van der Waals surface area contributed by atoms with Crippen molar-refractivity contribution in [2.75, 3.05) is 20.6 Å². The van der Waals surface area contributed by atoms with Gasteiger partial charge in [-0.1, -0.05) is 49.4 Å². The van der Waals surface area contributed by atoms with Crippen LogP contribution in [0.1, 0.15) is 18.9 Å². The van der Waals surface area contributed by atoms with Crippen LogP contribution in [0.4, 0.5) is 0 Å². The summed E-state index contributed by atoms with van der Waals surface area (Å²) in [5, 5.41) is 2.35. The summed E-state index contributed by atoms with van der Waals surface area (Å²) in [5.74, 6) is 0. The molecule has 0 spiro atoms. The van der Waals surface area contributed by atoms with E-state index >= 15 is 0 Å². The lowest BCUT2D eigenvalue weighted by molar-refractivity contribution is 0.457. The van der Waals surface area contributed by atoms with Crippen molar-refractivity contribution in [3.05, 3.63) is 66.3 Å². The van der Waals surface area contributed by atoms with Crippen LogP contribution in [0.2, 0.25) is 0 Å². The average molecular weight is 305 g/mol. The van der Waals surface area contributed by atoms with Gasteiger partial charge in [-0.05, 0) is 49.9 Å². The van der Waals surface area contributed by atoms with Crippen LogP contribution >= 0.6 is 0 Å². The molecule has 0 saturated carbocycles. The van der Waals surface area contributed by atoms with Gasteiger partial charge in [0.1, 0.15) is 11.2 Å². The highest BCUT2D eigenvalue weighted by molar-refractivity contribution is 6.05. The maximum Gasteiger partial charge on any atom is 0.136 e. The summed E-state index contributed by atoms with van der Waals surface area (Å²) in [4.78, 5) is 2.17. The Morgan fingerprint density at radius 1 is 1.04 bits per heavy atom. The van der Waals surface area contributed by atoms with Gasteiger partial charge in [-0.25, -0.2) is 0 Å². The number of furan rings is 1. The van der Waals surface area contributed by atoms with Gasteiger partial charge in [0.25, 0.3) is 0 Å². The zero-order chi connectivity index (χ0) is 16.2. The first-order valence-corrected chi connectivity index (χ1v) is 8.12. The SMILES string of the molecule is CC/C=C\C(=C/CN(C)C)c1ccc2c(c1)oc1ccccc12. The van der Waals surface area contributed by atoms with Crippen LogP contribution in [0.25, 0.3) is 27.5 Å². The monoisotopic (exact) mass is 305 g/mol. The highest BCUT2D eigenvalue weighted by Crippen LogP contribution is 2.31. The van der Waals surface area contributed by atoms with Crippen molar-refractivity contribution < 1.29 is 4.42 Å². The number of nitrogens with zero attached hydrogens (tertiary/aromatic N) is 1. The lowest BCUT2D eigenvalue weighted by Gasteiger charge is -2.08. The van der Waals surface area contributed by atoms with Crippen LogP contribution in [0.5, 0.6) is 0 Å². The van der Waals surface area contributed by atoms with Crippen LogP contribution in [0.15, 0.2) is 65.1 Å². The van der Waals surface area contributed by atoms with E-state index < -0.39 is 0 Å². The second kappa shape index (κ2) is 6.84. The maximum absolute atomic E-state index is 6.01. The summed E-state index contributed by atoms with van der Waals surface area (Å²) in [6.07, 6.45) is 7.69. The van der Waals surface area contributed by atoms with E-state index in [2.05, 4.69) is 74.5 Å². The van der Waals surface area contributed by atoms with Gasteiger partial charge in [-0.15, -0.1) is 0 Å². The van der Waals surface area contributed by atoms with Crippen molar-refractivity contribution in [1.82, 2.24) is 4.90 Å². The summed E-state index contributed by atoms with van der Waals surface area (Å²) in [5.41, 5.74) is 4.33. The zero-order valence-corrected chi connectivity index (χ0v) is 14.0. The van der Waals surface area contributed by atoms with Crippen LogP contribution in [-0.4, -0.2) is 25.5 Å². The first-order valence-electron chi connectivity index (χ1n) is 8.12. The Hall–Kier alpha value is -2.32. The van der Waals surface area contributed by atoms with Crippen molar-refractivity contribution in [2.24, 2.45) is 0 Å². The van der Waals surface area contributed by atoms with Crippen molar-refractivity contribution in [3.8, 4) is 0 Å². The van der Waals surface area contributed by atoms with Crippen molar-refractivity contribution in [2.45, 2.75) is 13.3 Å². The fourth-order valence-corrected chi connectivity index (χ4v) is 2.71. The molecule has 23 heavy (non-hydrogen) atoms. The molecule has 0 saturated heterocycles. The van der Waals surface area contributed by atoms with Crippen LogP contribution in [0, 0.1) is 0 Å². The second-order valence-electron chi connectivity index (χ2n) is 6.04. The Kier molecular flexibility index (Phi) is 4.63. The molecular formula is C21H23NO. The molecule has 1 heterocycles. The molecule has 3 aromatic rings. The fourth-order valence-electron chi connectivity index (χ4n) is 2.71. The van der Waals surface area contributed by atoms with Gasteiger partial charge in [0.2, 0.25) is 0 Å². The first-order chi connectivity index (χ1) is 11.2. The van der Waals surface area contributed by atoms with Crippen LogP contribution < -0.4 is 0 Å². The molecule has 2 aromatic carbocycles. The molecule has 0 fully saturated rings. The van der Waals surface area contributed by atoms with Gasteiger partial charge < -0.3 is 9.32 Å². The average Bonchev–Trinajstić information content (AvgIpc) is 2.92. The van der Waals surface area contributed by atoms with E-state index in [-0.39, 0.29) is 0 Å². The Bertz CT molecular complexity index is 868. The number of fused-ring (bicyclic) bond motifs is 3. The van der Waals surface area contributed by atoms with Gasteiger partial charge >= 0.3 is 0 Å². The van der Waals surface area contributed by atoms with E-state index in [9.17, 15) is 0 Å². The molecular weight excluding hydrogens is 282 g/mol. The summed E-state index contributed by atoms with van der Waals surface area (Å²) in [6.45, 7) is 3.07. The Morgan fingerprint density at radius 3 is 2.61 bits per heavy atom. The summed E-state index contributed by atoms with van der Waals surface area (Å²) < 4.78 is 6.01. The summed E-state index contributed by atoms with van der Waals surface area (Å²) in [6, 6.07) is 14.7. The lowest BCUT2D eigenvalue weighted by atomic mass is 10.0. The third-order valence-corrected chi connectivity index (χ3v) is 3.92. The molecule has 2 heteroatoms. The molecule has 118 valence electrons. The van der Waals surface area contributed by atoms with Gasteiger partial charge in [0, 0.05) is 17.3 Å². The minimum atomic E-state index is 0.918. The summed E-state index contributed by atoms with van der Waals surface area (Å²) in [7, 11) is 4.17. The minimum absolute atomic E-state index is 0.918. The first kappa shape index (κ1) is 15.6. The van der Waals surface area contributed by atoms with Crippen molar-refractivity contribution in [3.63, 3.8) is 0 Å². The molecule has 2 nitrogen and oxygen atoms in total. The largest absolute Gasteiger partial charge is 0.456 e. The van der Waals surface area contributed by atoms with Gasteiger partial charge in [0.05, 0.1) is 0 Å². The third-order valence-electron chi connectivity index (χ3n) is 3.92. The normalized spacial score (nSPS) is 13.0. The van der Waals surface area contributed by atoms with Gasteiger partial charge in [-0.2, -0.15) is 0 Å². The van der Waals surface area contributed by atoms with E-state index in [0.29, 0.717) is 0 Å². The molecule has 0 aliphatic heterocycles. The molecule has 0 unspecified atom stereocenters. The molecule has 0 aliphatic rings. The fraction of sp³-hybridized carbons (Fsp3) is 0.238. The number of hydrogen-bond donors (Lipinski definition) is 0. The van der Waals surface area contributed by atoms with E-state index in [1.807, 2.05) is 12.1 Å². The number of hydrogen-bond acceptors (Lipinski definition) is 2. The van der Waals surface area contributed by atoms with Crippen LogP contribution in [0.3, 0.4) is 0 Å². The maximum atomic E-state index is 6.01. The van der Waals surface area contributed by atoms with Crippen molar-refractivity contribution >= 4 is 27.5 Å². The highest BCUT2D eigenvalue weighted by Gasteiger charge is 2.08. The Balaban J connectivity index is 2.07. The molecule has 0 aliphatic carbocycles. The molecule has 3 rings (SSSR count). The number of likely N-dealkylation sites (N-methyl/N-ethyl adjacent to an activating group) is 1. The quantitative estimate of drug-likeness (QED) is 0.579. The number of rotatable bonds is 5. The number of benzene rings is 2. The van der Waals surface area contributed by atoms with Gasteiger partial charge in [0.15, 0.2) is 0 Å². The third kappa shape index (κ3) is 3.38. The molecule has 0 amide bonds. The molecule has 0 atom stereocenters. The number of allylic oxidation sites excluding steroid dienone is 3. The van der Waals surface area contributed by atoms with E-state index in [1.54, 1.807) is 0 Å². The highest BCUT2D eigenvalue weighted by atomic mass is 16.3. The standard InChI is InChI=1S/C21H23NO/c1-4-5-8-16(13-14-22(2)3)17-11-12-19-18-9-6-7-10-20(18)23-21(19)15-17/h5-13,15H,4,14H2,1-3H3/b8-5-,16-13+. The molecule has 0 radical (unpaired) electrons. The van der Waals surface area contributed by atoms with E-state index in [0.717, 1.165) is 24.1 Å². The van der Waals surface area contributed by atoms with E-state index in [4.69, 9.17) is 4.42 Å². The Labute approximate surface area is 137 Å². The lowest BCUT2D eigenvalue weighted by Crippen LogP contribution is -2.10. The molecule has 0 N–H and O–H groups in total. The molecule has 0 bridgehead atoms. The van der Waals surface area contributed by atoms with Gasteiger partial charge in [-0.3, -0.25) is 0 Å².